The SMILES string of the molecule is CC(C)CC(C1C(=O)CCCC1=O)C1C(=O)CCCC1=O. The van der Waals surface area contributed by atoms with Crippen LogP contribution in [0.2, 0.25) is 0 Å². The summed E-state index contributed by atoms with van der Waals surface area (Å²) in [7, 11) is 0. The van der Waals surface area contributed by atoms with E-state index in [9.17, 15) is 19.2 Å². The Labute approximate surface area is 125 Å². The first-order valence-electron chi connectivity index (χ1n) is 8.02. The van der Waals surface area contributed by atoms with Gasteiger partial charge < -0.3 is 0 Å². The summed E-state index contributed by atoms with van der Waals surface area (Å²) >= 11 is 0. The third-order valence-corrected chi connectivity index (χ3v) is 4.68. The Morgan fingerprint density at radius 1 is 0.762 bits per heavy atom. The molecule has 0 heterocycles. The van der Waals surface area contributed by atoms with E-state index in [0.717, 1.165) is 0 Å². The topological polar surface area (TPSA) is 68.3 Å². The molecule has 2 aliphatic carbocycles. The maximum atomic E-state index is 12.2. The zero-order chi connectivity index (χ0) is 15.6. The maximum absolute atomic E-state index is 12.2. The predicted octanol–water partition coefficient (Wildman–Crippen LogP) is 2.53. The van der Waals surface area contributed by atoms with Gasteiger partial charge in [0.25, 0.3) is 0 Å². The molecule has 0 atom stereocenters. The molecular formula is C17H24O4. The van der Waals surface area contributed by atoms with Crippen LogP contribution in [-0.4, -0.2) is 23.1 Å². The van der Waals surface area contributed by atoms with Crippen LogP contribution >= 0.6 is 0 Å². The van der Waals surface area contributed by atoms with Crippen molar-refractivity contribution in [3.8, 4) is 0 Å². The van der Waals surface area contributed by atoms with Crippen LogP contribution < -0.4 is 0 Å². The Kier molecular flexibility index (Phi) is 5.07. The molecule has 0 N–H and O–H groups in total. The fourth-order valence-electron chi connectivity index (χ4n) is 3.82. The van der Waals surface area contributed by atoms with Gasteiger partial charge in [-0.25, -0.2) is 0 Å². The van der Waals surface area contributed by atoms with Crippen molar-refractivity contribution in [2.75, 3.05) is 0 Å². The number of Topliss-reactive ketones (excluding diaryl/α,β-unsaturated/α-hetero) is 4. The lowest BCUT2D eigenvalue weighted by molar-refractivity contribution is -0.144. The summed E-state index contributed by atoms with van der Waals surface area (Å²) in [6, 6.07) is 0. The molecule has 4 heteroatoms. The van der Waals surface area contributed by atoms with E-state index < -0.39 is 17.8 Å². The molecule has 0 aromatic rings. The highest BCUT2D eigenvalue weighted by molar-refractivity contribution is 6.09. The molecule has 2 aliphatic rings. The zero-order valence-corrected chi connectivity index (χ0v) is 12.9. The van der Waals surface area contributed by atoms with Crippen molar-refractivity contribution >= 4 is 23.1 Å². The Bertz CT molecular complexity index is 393. The minimum Gasteiger partial charge on any atom is -0.299 e. The Balaban J connectivity index is 2.32. The van der Waals surface area contributed by atoms with Crippen molar-refractivity contribution in [2.45, 2.75) is 58.8 Å². The van der Waals surface area contributed by atoms with E-state index in [4.69, 9.17) is 0 Å². The van der Waals surface area contributed by atoms with Crippen molar-refractivity contribution < 1.29 is 19.2 Å². The second-order valence-corrected chi connectivity index (χ2v) is 6.82. The molecule has 0 aromatic heterocycles. The fourth-order valence-corrected chi connectivity index (χ4v) is 3.82. The molecule has 2 rings (SSSR count). The molecule has 0 aliphatic heterocycles. The number of carbonyl (C=O) groups excluding carboxylic acids is 4. The first kappa shape index (κ1) is 16.1. The first-order valence-corrected chi connectivity index (χ1v) is 8.02. The average Bonchev–Trinajstić information content (AvgIpc) is 2.37. The van der Waals surface area contributed by atoms with Crippen molar-refractivity contribution in [2.24, 2.45) is 23.7 Å². The molecule has 4 nitrogen and oxygen atoms in total. The first-order chi connectivity index (χ1) is 9.91. The highest BCUT2D eigenvalue weighted by Crippen LogP contribution is 2.37. The molecule has 2 fully saturated rings. The summed E-state index contributed by atoms with van der Waals surface area (Å²) in [5.74, 6) is -1.88. The van der Waals surface area contributed by atoms with Crippen LogP contribution in [0.5, 0.6) is 0 Å². The standard InChI is InChI=1S/C17H24O4/c1-10(2)9-11(16-12(18)5-3-6-13(16)19)17-14(20)7-4-8-15(17)21/h10-11,16-17H,3-9H2,1-2H3. The summed E-state index contributed by atoms with van der Waals surface area (Å²) in [4.78, 5) is 49.0. The van der Waals surface area contributed by atoms with E-state index in [1.54, 1.807) is 0 Å². The monoisotopic (exact) mass is 292 g/mol. The largest absolute Gasteiger partial charge is 0.299 e. The Hall–Kier alpha value is -1.32. The number of rotatable bonds is 4. The lowest BCUT2D eigenvalue weighted by Gasteiger charge is -2.35. The molecule has 0 unspecified atom stereocenters. The summed E-state index contributed by atoms with van der Waals surface area (Å²) < 4.78 is 0. The van der Waals surface area contributed by atoms with Crippen molar-refractivity contribution in [3.05, 3.63) is 0 Å². The zero-order valence-electron chi connectivity index (χ0n) is 12.9. The molecular weight excluding hydrogens is 268 g/mol. The van der Waals surface area contributed by atoms with Crippen LogP contribution in [0.15, 0.2) is 0 Å². The van der Waals surface area contributed by atoms with E-state index in [1.807, 2.05) is 13.8 Å². The maximum Gasteiger partial charge on any atom is 0.143 e. The van der Waals surface area contributed by atoms with Gasteiger partial charge in [0.15, 0.2) is 0 Å². The van der Waals surface area contributed by atoms with Crippen LogP contribution in [0.4, 0.5) is 0 Å². The summed E-state index contributed by atoms with van der Waals surface area (Å²) in [6.07, 6.45) is 3.41. The highest BCUT2D eigenvalue weighted by Gasteiger charge is 2.46. The molecule has 0 saturated heterocycles. The lowest BCUT2D eigenvalue weighted by Crippen LogP contribution is -2.45. The van der Waals surface area contributed by atoms with E-state index >= 15 is 0 Å². The van der Waals surface area contributed by atoms with Crippen molar-refractivity contribution in [1.82, 2.24) is 0 Å². The quantitative estimate of drug-likeness (QED) is 0.747. The molecule has 0 spiro atoms. The molecule has 0 amide bonds. The molecule has 0 aromatic carbocycles. The molecule has 116 valence electrons. The van der Waals surface area contributed by atoms with E-state index in [-0.39, 0.29) is 29.1 Å². The van der Waals surface area contributed by atoms with Crippen molar-refractivity contribution in [1.29, 1.82) is 0 Å². The van der Waals surface area contributed by atoms with E-state index in [2.05, 4.69) is 0 Å². The molecule has 0 bridgehead atoms. The minimum absolute atomic E-state index is 0.0666. The Morgan fingerprint density at radius 2 is 1.10 bits per heavy atom. The normalized spacial score (nSPS) is 22.7. The average molecular weight is 292 g/mol. The van der Waals surface area contributed by atoms with Crippen molar-refractivity contribution in [3.63, 3.8) is 0 Å². The number of carbonyl (C=O) groups is 4. The van der Waals surface area contributed by atoms with Gasteiger partial charge >= 0.3 is 0 Å². The van der Waals surface area contributed by atoms with Gasteiger partial charge in [0.2, 0.25) is 0 Å². The van der Waals surface area contributed by atoms with Gasteiger partial charge in [-0.2, -0.15) is 0 Å². The smallest absolute Gasteiger partial charge is 0.143 e. The van der Waals surface area contributed by atoms with Crippen LogP contribution in [0.1, 0.15) is 58.8 Å². The van der Waals surface area contributed by atoms with Gasteiger partial charge in [0.1, 0.15) is 23.1 Å². The van der Waals surface area contributed by atoms with Gasteiger partial charge in [-0.05, 0) is 31.1 Å². The number of hydrogen-bond acceptors (Lipinski definition) is 4. The van der Waals surface area contributed by atoms with Gasteiger partial charge in [0, 0.05) is 25.7 Å². The Morgan fingerprint density at radius 3 is 1.38 bits per heavy atom. The number of ketones is 4. The van der Waals surface area contributed by atoms with Crippen LogP contribution in [0.3, 0.4) is 0 Å². The molecule has 21 heavy (non-hydrogen) atoms. The summed E-state index contributed by atoms with van der Waals surface area (Å²) in [5.41, 5.74) is 0. The second kappa shape index (κ2) is 6.63. The summed E-state index contributed by atoms with van der Waals surface area (Å²) in [5, 5.41) is 0. The highest BCUT2D eigenvalue weighted by atomic mass is 16.2. The second-order valence-electron chi connectivity index (χ2n) is 6.82. The third kappa shape index (κ3) is 3.47. The van der Waals surface area contributed by atoms with Gasteiger partial charge in [-0.15, -0.1) is 0 Å². The van der Waals surface area contributed by atoms with Crippen LogP contribution in [0.25, 0.3) is 0 Å². The predicted molar refractivity (Wildman–Crippen MR) is 77.7 cm³/mol. The molecule has 0 radical (unpaired) electrons. The van der Waals surface area contributed by atoms with E-state index in [0.29, 0.717) is 44.9 Å². The van der Waals surface area contributed by atoms with Gasteiger partial charge in [-0.3, -0.25) is 19.2 Å². The fraction of sp³-hybridized carbons (Fsp3) is 0.765. The van der Waals surface area contributed by atoms with Gasteiger partial charge in [0.05, 0.1) is 11.8 Å². The van der Waals surface area contributed by atoms with Crippen LogP contribution in [0, 0.1) is 23.7 Å². The van der Waals surface area contributed by atoms with Crippen LogP contribution in [-0.2, 0) is 19.2 Å². The minimum atomic E-state index is -0.725. The van der Waals surface area contributed by atoms with Gasteiger partial charge in [-0.1, -0.05) is 13.8 Å². The third-order valence-electron chi connectivity index (χ3n) is 4.68. The molecule has 2 saturated carbocycles. The van der Waals surface area contributed by atoms with E-state index in [1.165, 1.54) is 0 Å². The number of hydrogen-bond donors (Lipinski definition) is 0. The summed E-state index contributed by atoms with van der Waals surface area (Å²) in [6.45, 7) is 4.01. The lowest BCUT2D eigenvalue weighted by atomic mass is 9.65.